The number of piperidine rings is 1. The quantitative estimate of drug-likeness (QED) is 0.841. The molecule has 0 atom stereocenters. The Bertz CT molecular complexity index is 321. The molecule has 0 bridgehead atoms. The van der Waals surface area contributed by atoms with Gasteiger partial charge in [-0.3, -0.25) is 0 Å². The number of benzene rings is 1. The van der Waals surface area contributed by atoms with E-state index in [1.807, 2.05) is 18.2 Å². The smallest absolute Gasteiger partial charge is 0.0438 e. The molecule has 0 saturated carbocycles. The first kappa shape index (κ1) is 11.9. The van der Waals surface area contributed by atoms with Crippen molar-refractivity contribution in [2.24, 2.45) is 0 Å². The van der Waals surface area contributed by atoms with Crippen LogP contribution in [0.15, 0.2) is 24.3 Å². The molecule has 0 aliphatic carbocycles. The average molecular weight is 239 g/mol. The average Bonchev–Trinajstić information content (AvgIpc) is 2.33. The third-order valence-electron chi connectivity index (χ3n) is 3.12. The predicted molar refractivity (Wildman–Crippen MR) is 69.1 cm³/mol. The van der Waals surface area contributed by atoms with E-state index in [0.29, 0.717) is 6.04 Å². The highest BCUT2D eigenvalue weighted by atomic mass is 35.5. The summed E-state index contributed by atoms with van der Waals surface area (Å²) in [6, 6.07) is 8.77. The maximum atomic E-state index is 6.11. The summed E-state index contributed by atoms with van der Waals surface area (Å²) in [7, 11) is 0. The number of nitrogens with one attached hydrogen (secondary N) is 2. The normalized spacial score (nSPS) is 17.6. The van der Waals surface area contributed by atoms with Crippen molar-refractivity contribution in [3.05, 3.63) is 34.9 Å². The Morgan fingerprint density at radius 2 is 2.00 bits per heavy atom. The van der Waals surface area contributed by atoms with E-state index in [-0.39, 0.29) is 0 Å². The van der Waals surface area contributed by atoms with Gasteiger partial charge in [0.15, 0.2) is 0 Å². The van der Waals surface area contributed by atoms with E-state index < -0.39 is 0 Å². The summed E-state index contributed by atoms with van der Waals surface area (Å²) in [5.74, 6) is 0. The van der Waals surface area contributed by atoms with Gasteiger partial charge in [-0.2, -0.15) is 0 Å². The Balaban J connectivity index is 1.73. The van der Waals surface area contributed by atoms with Crippen LogP contribution in [-0.2, 0) is 6.42 Å². The summed E-state index contributed by atoms with van der Waals surface area (Å²) in [4.78, 5) is 0. The monoisotopic (exact) mass is 238 g/mol. The first-order valence-corrected chi connectivity index (χ1v) is 6.41. The van der Waals surface area contributed by atoms with Crippen molar-refractivity contribution in [2.75, 3.05) is 19.6 Å². The SMILES string of the molecule is Clc1ccccc1CCNC1CCNCC1. The Kier molecular flexibility index (Phi) is 4.64. The van der Waals surface area contributed by atoms with Crippen LogP contribution in [0.4, 0.5) is 0 Å². The first-order valence-electron chi connectivity index (χ1n) is 6.04. The molecule has 1 aromatic carbocycles. The molecule has 2 nitrogen and oxygen atoms in total. The van der Waals surface area contributed by atoms with Crippen LogP contribution in [0.25, 0.3) is 0 Å². The van der Waals surface area contributed by atoms with Crippen LogP contribution in [0.3, 0.4) is 0 Å². The largest absolute Gasteiger partial charge is 0.317 e. The molecule has 1 heterocycles. The molecule has 1 aliphatic heterocycles. The van der Waals surface area contributed by atoms with Gasteiger partial charge in [0.1, 0.15) is 0 Å². The molecule has 0 radical (unpaired) electrons. The highest BCUT2D eigenvalue weighted by Gasteiger charge is 2.11. The Morgan fingerprint density at radius 3 is 2.75 bits per heavy atom. The number of halogens is 1. The lowest BCUT2D eigenvalue weighted by Gasteiger charge is -2.23. The zero-order valence-corrected chi connectivity index (χ0v) is 10.3. The van der Waals surface area contributed by atoms with Gasteiger partial charge in [0, 0.05) is 11.1 Å². The second-order valence-corrected chi connectivity index (χ2v) is 4.73. The second-order valence-electron chi connectivity index (χ2n) is 4.32. The van der Waals surface area contributed by atoms with Crippen LogP contribution in [0, 0.1) is 0 Å². The van der Waals surface area contributed by atoms with E-state index in [1.54, 1.807) is 0 Å². The Labute approximate surface area is 102 Å². The van der Waals surface area contributed by atoms with Gasteiger partial charge in [-0.05, 0) is 50.5 Å². The van der Waals surface area contributed by atoms with Gasteiger partial charge in [0.25, 0.3) is 0 Å². The molecule has 2 rings (SSSR count). The van der Waals surface area contributed by atoms with Crippen LogP contribution < -0.4 is 10.6 Å². The van der Waals surface area contributed by atoms with Gasteiger partial charge in [-0.25, -0.2) is 0 Å². The van der Waals surface area contributed by atoms with E-state index in [1.165, 1.54) is 18.4 Å². The van der Waals surface area contributed by atoms with Crippen molar-refractivity contribution < 1.29 is 0 Å². The Hall–Kier alpha value is -0.570. The molecule has 1 fully saturated rings. The van der Waals surface area contributed by atoms with Crippen LogP contribution in [0.2, 0.25) is 5.02 Å². The van der Waals surface area contributed by atoms with Gasteiger partial charge in [0.05, 0.1) is 0 Å². The molecule has 1 aromatic rings. The van der Waals surface area contributed by atoms with Crippen molar-refractivity contribution >= 4 is 11.6 Å². The van der Waals surface area contributed by atoms with Crippen LogP contribution in [0.5, 0.6) is 0 Å². The highest BCUT2D eigenvalue weighted by Crippen LogP contribution is 2.15. The number of hydrogen-bond acceptors (Lipinski definition) is 2. The minimum atomic E-state index is 0.684. The van der Waals surface area contributed by atoms with E-state index >= 15 is 0 Å². The van der Waals surface area contributed by atoms with Crippen molar-refractivity contribution in [2.45, 2.75) is 25.3 Å². The fourth-order valence-corrected chi connectivity index (χ4v) is 2.37. The van der Waals surface area contributed by atoms with Crippen LogP contribution in [-0.4, -0.2) is 25.7 Å². The fraction of sp³-hybridized carbons (Fsp3) is 0.538. The molecule has 16 heavy (non-hydrogen) atoms. The van der Waals surface area contributed by atoms with Crippen molar-refractivity contribution in [3.8, 4) is 0 Å². The van der Waals surface area contributed by atoms with Crippen molar-refractivity contribution in [3.63, 3.8) is 0 Å². The molecule has 1 saturated heterocycles. The molecule has 0 unspecified atom stereocenters. The summed E-state index contributed by atoms with van der Waals surface area (Å²) in [6.07, 6.45) is 3.49. The summed E-state index contributed by atoms with van der Waals surface area (Å²) in [6.45, 7) is 3.31. The zero-order chi connectivity index (χ0) is 11.2. The van der Waals surface area contributed by atoms with Gasteiger partial charge < -0.3 is 10.6 Å². The van der Waals surface area contributed by atoms with Gasteiger partial charge >= 0.3 is 0 Å². The minimum Gasteiger partial charge on any atom is -0.317 e. The minimum absolute atomic E-state index is 0.684. The molecule has 2 N–H and O–H groups in total. The molecule has 1 aliphatic rings. The van der Waals surface area contributed by atoms with Crippen molar-refractivity contribution in [1.29, 1.82) is 0 Å². The summed E-state index contributed by atoms with van der Waals surface area (Å²) in [5, 5.41) is 7.85. The molecule has 88 valence electrons. The van der Waals surface area contributed by atoms with E-state index in [0.717, 1.165) is 31.1 Å². The lowest BCUT2D eigenvalue weighted by atomic mass is 10.1. The topological polar surface area (TPSA) is 24.1 Å². The Morgan fingerprint density at radius 1 is 1.25 bits per heavy atom. The van der Waals surface area contributed by atoms with E-state index in [2.05, 4.69) is 16.7 Å². The van der Waals surface area contributed by atoms with E-state index in [4.69, 9.17) is 11.6 Å². The van der Waals surface area contributed by atoms with Crippen LogP contribution >= 0.6 is 11.6 Å². The summed E-state index contributed by atoms with van der Waals surface area (Å²) >= 11 is 6.11. The van der Waals surface area contributed by atoms with Gasteiger partial charge in [-0.1, -0.05) is 29.8 Å². The zero-order valence-electron chi connectivity index (χ0n) is 9.51. The summed E-state index contributed by atoms with van der Waals surface area (Å²) < 4.78 is 0. The molecular formula is C13H19ClN2. The van der Waals surface area contributed by atoms with Crippen molar-refractivity contribution in [1.82, 2.24) is 10.6 Å². The lowest BCUT2D eigenvalue weighted by Crippen LogP contribution is -2.40. The predicted octanol–water partition coefficient (Wildman–Crippen LogP) is 2.22. The van der Waals surface area contributed by atoms with Gasteiger partial charge in [0.2, 0.25) is 0 Å². The first-order chi connectivity index (χ1) is 7.86. The maximum Gasteiger partial charge on any atom is 0.0438 e. The third-order valence-corrected chi connectivity index (χ3v) is 3.49. The molecule has 3 heteroatoms. The third kappa shape index (κ3) is 3.48. The van der Waals surface area contributed by atoms with E-state index in [9.17, 15) is 0 Å². The number of rotatable bonds is 4. The van der Waals surface area contributed by atoms with Crippen LogP contribution in [0.1, 0.15) is 18.4 Å². The molecule has 0 aromatic heterocycles. The number of hydrogen-bond donors (Lipinski definition) is 2. The standard InChI is InChI=1S/C13H19ClN2/c14-13-4-2-1-3-11(13)5-10-16-12-6-8-15-9-7-12/h1-4,12,15-16H,5-10H2. The highest BCUT2D eigenvalue weighted by molar-refractivity contribution is 6.31. The molecular weight excluding hydrogens is 220 g/mol. The van der Waals surface area contributed by atoms with Gasteiger partial charge in [-0.15, -0.1) is 0 Å². The second kappa shape index (κ2) is 6.24. The molecule has 0 spiro atoms. The molecule has 0 amide bonds. The lowest BCUT2D eigenvalue weighted by molar-refractivity contribution is 0.389. The fourth-order valence-electron chi connectivity index (χ4n) is 2.14. The maximum absolute atomic E-state index is 6.11. The summed E-state index contributed by atoms with van der Waals surface area (Å²) in [5.41, 5.74) is 1.24.